The van der Waals surface area contributed by atoms with Gasteiger partial charge in [0.25, 0.3) is 11.5 Å². The zero-order valence-corrected chi connectivity index (χ0v) is 17.6. The Labute approximate surface area is 178 Å². The number of hydrogen-bond donors (Lipinski definition) is 2. The summed E-state index contributed by atoms with van der Waals surface area (Å²) < 4.78 is 7.41. The largest absolute Gasteiger partial charge is 0.484 e. The fourth-order valence-electron chi connectivity index (χ4n) is 4.28. The minimum Gasteiger partial charge on any atom is -0.484 e. The molecule has 1 saturated carbocycles. The van der Waals surface area contributed by atoms with Gasteiger partial charge in [-0.2, -0.15) is 0 Å². The molecule has 2 N–H and O–H groups in total. The summed E-state index contributed by atoms with van der Waals surface area (Å²) in [5.41, 5.74) is 1.44. The number of hydrogen-bond acceptors (Lipinski definition) is 5. The second kappa shape index (κ2) is 8.28. The lowest BCUT2D eigenvalue weighted by atomic mass is 9.94. The van der Waals surface area contributed by atoms with E-state index in [2.05, 4.69) is 16.6 Å². The van der Waals surface area contributed by atoms with Crippen molar-refractivity contribution < 1.29 is 14.6 Å². The molecule has 0 radical (unpaired) electrons. The first kappa shape index (κ1) is 20.7. The Balaban J connectivity index is 1.52. The molecule has 1 aliphatic carbocycles. The number of rotatable bonds is 5. The molecule has 0 bridgehead atoms. The first-order valence-electron chi connectivity index (χ1n) is 10.2. The highest BCUT2D eigenvalue weighted by Crippen LogP contribution is 2.35. The average molecular weight is 433 g/mol. The first-order chi connectivity index (χ1) is 14.3. The van der Waals surface area contributed by atoms with Crippen LogP contribution in [0.15, 0.2) is 21.9 Å². The Morgan fingerprint density at radius 2 is 2.17 bits per heavy atom. The SMILES string of the molecule is C=c1c(=O)[nH]c2n1Cc1cc(OCC(=O)N(C(C)O)C3CCCCC3)cc(Cl)c1N=2. The Morgan fingerprint density at radius 3 is 2.87 bits per heavy atom. The number of H-pyrrole nitrogens is 1. The molecule has 1 aliphatic heterocycles. The van der Waals surface area contributed by atoms with E-state index < -0.39 is 6.23 Å². The molecule has 160 valence electrons. The van der Waals surface area contributed by atoms with E-state index in [-0.39, 0.29) is 24.1 Å². The van der Waals surface area contributed by atoms with Crippen LogP contribution < -0.4 is 21.3 Å². The molecule has 30 heavy (non-hydrogen) atoms. The first-order valence-corrected chi connectivity index (χ1v) is 10.5. The predicted molar refractivity (Wildman–Crippen MR) is 112 cm³/mol. The van der Waals surface area contributed by atoms with E-state index in [1.807, 2.05) is 0 Å². The fourth-order valence-corrected chi connectivity index (χ4v) is 4.55. The van der Waals surface area contributed by atoms with Crippen molar-refractivity contribution in [3.8, 4) is 5.75 Å². The number of aliphatic hydroxyl groups is 1. The van der Waals surface area contributed by atoms with Crippen LogP contribution in [-0.4, -0.2) is 44.3 Å². The molecule has 2 aliphatic rings. The monoisotopic (exact) mass is 432 g/mol. The van der Waals surface area contributed by atoms with Crippen molar-refractivity contribution in [2.75, 3.05) is 6.61 Å². The van der Waals surface area contributed by atoms with E-state index in [4.69, 9.17) is 16.3 Å². The van der Waals surface area contributed by atoms with Crippen LogP contribution in [0, 0.1) is 0 Å². The predicted octanol–water partition coefficient (Wildman–Crippen LogP) is 1.43. The quantitative estimate of drug-likeness (QED) is 0.596. The van der Waals surface area contributed by atoms with E-state index >= 15 is 0 Å². The molecular formula is C21H25ClN4O4. The molecule has 1 fully saturated rings. The highest BCUT2D eigenvalue weighted by Gasteiger charge is 2.29. The van der Waals surface area contributed by atoms with Crippen molar-refractivity contribution in [2.24, 2.45) is 4.99 Å². The van der Waals surface area contributed by atoms with Gasteiger partial charge in [-0.05, 0) is 25.8 Å². The standard InChI is InChI=1S/C21H25ClN4O4/c1-12-20(29)24-21-23-19-14(10-25(12)21)8-16(9-17(19)22)30-11-18(28)26(13(2)27)15-6-4-3-5-7-15/h8-9,13,15,27H,1,3-7,10-11H2,2H3,(H,23,24,29). The smallest absolute Gasteiger partial charge is 0.274 e. The molecule has 1 amide bonds. The van der Waals surface area contributed by atoms with E-state index in [1.165, 1.54) is 4.90 Å². The van der Waals surface area contributed by atoms with Gasteiger partial charge in [0.15, 0.2) is 6.61 Å². The van der Waals surface area contributed by atoms with Gasteiger partial charge in [-0.3, -0.25) is 14.6 Å². The van der Waals surface area contributed by atoms with Crippen LogP contribution in [-0.2, 0) is 11.3 Å². The van der Waals surface area contributed by atoms with Crippen LogP contribution in [0.2, 0.25) is 5.02 Å². The number of benzene rings is 1. The maximum absolute atomic E-state index is 12.8. The number of carbonyl (C=O) groups is 1. The van der Waals surface area contributed by atoms with Crippen LogP contribution in [0.1, 0.15) is 44.6 Å². The van der Waals surface area contributed by atoms with Gasteiger partial charge in [0.1, 0.15) is 17.3 Å². The molecule has 1 unspecified atom stereocenters. The molecule has 1 atom stereocenters. The third kappa shape index (κ3) is 3.89. The number of carbonyl (C=O) groups excluding carboxylic acids is 1. The summed E-state index contributed by atoms with van der Waals surface area (Å²) >= 11 is 6.38. The van der Waals surface area contributed by atoms with Crippen molar-refractivity contribution in [1.82, 2.24) is 14.5 Å². The molecule has 8 nitrogen and oxygen atoms in total. The van der Waals surface area contributed by atoms with Crippen molar-refractivity contribution in [2.45, 2.75) is 57.8 Å². The third-order valence-corrected chi connectivity index (χ3v) is 6.04. The summed E-state index contributed by atoms with van der Waals surface area (Å²) in [7, 11) is 0. The Kier molecular flexibility index (Phi) is 5.71. The van der Waals surface area contributed by atoms with Gasteiger partial charge in [0, 0.05) is 17.7 Å². The van der Waals surface area contributed by atoms with Crippen LogP contribution in [0.4, 0.5) is 5.69 Å². The minimum atomic E-state index is -0.865. The van der Waals surface area contributed by atoms with Gasteiger partial charge in [-0.25, -0.2) is 4.99 Å². The Morgan fingerprint density at radius 1 is 1.43 bits per heavy atom. The second-order valence-corrected chi connectivity index (χ2v) is 8.26. The number of nitrogens with zero attached hydrogens (tertiary/aromatic N) is 3. The number of ether oxygens (including phenoxy) is 1. The van der Waals surface area contributed by atoms with E-state index in [0.29, 0.717) is 34.0 Å². The molecule has 0 spiro atoms. The fraction of sp³-hybridized carbons (Fsp3) is 0.476. The number of aromatic nitrogens is 2. The topological polar surface area (TPSA) is 99.9 Å². The van der Waals surface area contributed by atoms with E-state index in [1.54, 1.807) is 23.6 Å². The number of imidazole rings is 1. The number of aliphatic hydroxyl groups excluding tert-OH is 1. The van der Waals surface area contributed by atoms with Crippen LogP contribution in [0.5, 0.6) is 5.75 Å². The summed E-state index contributed by atoms with van der Waals surface area (Å²) in [5, 5.41) is 10.8. The summed E-state index contributed by atoms with van der Waals surface area (Å²) in [4.78, 5) is 33.2. The summed E-state index contributed by atoms with van der Waals surface area (Å²) in [6.07, 6.45) is 4.21. The van der Waals surface area contributed by atoms with Crippen molar-refractivity contribution >= 4 is 29.8 Å². The van der Waals surface area contributed by atoms with Crippen LogP contribution >= 0.6 is 11.6 Å². The summed E-state index contributed by atoms with van der Waals surface area (Å²) in [5.74, 6) is 0.179. The van der Waals surface area contributed by atoms with Crippen molar-refractivity contribution in [1.29, 1.82) is 0 Å². The molecule has 2 aromatic rings. The third-order valence-electron chi connectivity index (χ3n) is 5.75. The highest BCUT2D eigenvalue weighted by molar-refractivity contribution is 6.33. The number of aromatic amines is 1. The summed E-state index contributed by atoms with van der Waals surface area (Å²) in [6, 6.07) is 3.41. The average Bonchev–Trinajstić information content (AvgIpc) is 2.99. The van der Waals surface area contributed by atoms with Crippen LogP contribution in [0.25, 0.3) is 6.58 Å². The maximum Gasteiger partial charge on any atom is 0.274 e. The molecule has 2 heterocycles. The number of fused-ring (bicyclic) bond motifs is 2. The van der Waals surface area contributed by atoms with Gasteiger partial charge in [0.05, 0.1) is 17.3 Å². The lowest BCUT2D eigenvalue weighted by Crippen LogP contribution is -2.48. The van der Waals surface area contributed by atoms with E-state index in [0.717, 1.165) is 37.7 Å². The normalized spacial score (nSPS) is 16.9. The van der Waals surface area contributed by atoms with Crippen molar-refractivity contribution in [3.05, 3.63) is 44.0 Å². The van der Waals surface area contributed by atoms with E-state index in [9.17, 15) is 14.7 Å². The lowest BCUT2D eigenvalue weighted by Gasteiger charge is -2.36. The minimum absolute atomic E-state index is 0.0425. The zero-order chi connectivity index (χ0) is 21.4. The molecule has 9 heteroatoms. The van der Waals surface area contributed by atoms with Gasteiger partial charge in [-0.15, -0.1) is 0 Å². The number of halogens is 1. The number of nitrogens with one attached hydrogen (secondary N) is 1. The molecular weight excluding hydrogens is 408 g/mol. The highest BCUT2D eigenvalue weighted by atomic mass is 35.5. The van der Waals surface area contributed by atoms with Gasteiger partial charge in [0.2, 0.25) is 5.62 Å². The molecule has 1 aromatic heterocycles. The van der Waals surface area contributed by atoms with Crippen molar-refractivity contribution in [3.63, 3.8) is 0 Å². The second-order valence-electron chi connectivity index (χ2n) is 7.85. The lowest BCUT2D eigenvalue weighted by molar-refractivity contribution is -0.147. The van der Waals surface area contributed by atoms with Gasteiger partial charge < -0.3 is 19.3 Å². The number of amides is 1. The summed E-state index contributed by atoms with van der Waals surface area (Å²) in [6.45, 7) is 5.56. The molecule has 1 aromatic carbocycles. The maximum atomic E-state index is 12.8. The Hall–Kier alpha value is -2.58. The van der Waals surface area contributed by atoms with Gasteiger partial charge in [-0.1, -0.05) is 37.4 Å². The van der Waals surface area contributed by atoms with Crippen LogP contribution in [0.3, 0.4) is 0 Å². The zero-order valence-electron chi connectivity index (χ0n) is 16.9. The van der Waals surface area contributed by atoms with Gasteiger partial charge >= 0.3 is 0 Å². The molecule has 0 saturated heterocycles. The molecule has 4 rings (SSSR count). The Bertz CT molecular complexity index is 1130.